The Morgan fingerprint density at radius 1 is 1.29 bits per heavy atom. The van der Waals surface area contributed by atoms with E-state index < -0.39 is 0 Å². The van der Waals surface area contributed by atoms with E-state index in [1.807, 2.05) is 25.1 Å². The summed E-state index contributed by atoms with van der Waals surface area (Å²) in [4.78, 5) is 4.28. The molecule has 0 aliphatic carbocycles. The highest BCUT2D eigenvalue weighted by Gasteiger charge is 2.15. The van der Waals surface area contributed by atoms with Gasteiger partial charge in [0.05, 0.1) is 29.1 Å². The molecule has 0 amide bonds. The van der Waals surface area contributed by atoms with E-state index in [2.05, 4.69) is 32.3 Å². The zero-order valence-corrected chi connectivity index (χ0v) is 13.4. The van der Waals surface area contributed by atoms with Gasteiger partial charge < -0.3 is 14.8 Å². The largest absolute Gasteiger partial charge is 0.490 e. The van der Waals surface area contributed by atoms with Crippen molar-refractivity contribution in [3.63, 3.8) is 0 Å². The van der Waals surface area contributed by atoms with E-state index in [-0.39, 0.29) is 0 Å². The van der Waals surface area contributed by atoms with E-state index in [0.717, 1.165) is 39.3 Å². The molecule has 0 saturated carbocycles. The standard InChI is InChI=1S/C16H17BrN2O2/c1-11-14(4-2-5-18-11)19-10-12-8-13(17)16-15(9-12)20-6-3-7-21-16/h2,4-5,8-9,19H,3,6-7,10H2,1H3. The van der Waals surface area contributed by atoms with Gasteiger partial charge in [-0.2, -0.15) is 0 Å². The SMILES string of the molecule is Cc1ncccc1NCc1cc(Br)c2c(c1)OCCCO2. The summed E-state index contributed by atoms with van der Waals surface area (Å²) < 4.78 is 12.4. The summed E-state index contributed by atoms with van der Waals surface area (Å²) >= 11 is 3.56. The highest BCUT2D eigenvalue weighted by atomic mass is 79.9. The molecule has 0 fully saturated rings. The van der Waals surface area contributed by atoms with Crippen molar-refractivity contribution in [3.8, 4) is 11.5 Å². The predicted octanol–water partition coefficient (Wildman–Crippen LogP) is 3.93. The molecule has 0 atom stereocenters. The molecule has 1 aromatic carbocycles. The van der Waals surface area contributed by atoms with E-state index in [0.29, 0.717) is 19.8 Å². The van der Waals surface area contributed by atoms with Crippen molar-refractivity contribution in [1.29, 1.82) is 0 Å². The summed E-state index contributed by atoms with van der Waals surface area (Å²) in [7, 11) is 0. The summed E-state index contributed by atoms with van der Waals surface area (Å²) in [5.41, 5.74) is 3.17. The van der Waals surface area contributed by atoms with Crippen LogP contribution in [0.3, 0.4) is 0 Å². The first-order valence-electron chi connectivity index (χ1n) is 6.97. The monoisotopic (exact) mass is 348 g/mol. The van der Waals surface area contributed by atoms with Gasteiger partial charge in [-0.25, -0.2) is 0 Å². The van der Waals surface area contributed by atoms with Crippen LogP contribution in [0.1, 0.15) is 17.7 Å². The van der Waals surface area contributed by atoms with Crippen molar-refractivity contribution in [2.45, 2.75) is 19.9 Å². The molecule has 3 rings (SSSR count). The normalized spacial score (nSPS) is 13.6. The molecule has 1 N–H and O–H groups in total. The molecule has 1 aliphatic rings. The molecule has 0 radical (unpaired) electrons. The third-order valence-electron chi connectivity index (χ3n) is 3.35. The Morgan fingerprint density at radius 3 is 3.00 bits per heavy atom. The number of benzene rings is 1. The number of aryl methyl sites for hydroxylation is 1. The number of aromatic nitrogens is 1. The van der Waals surface area contributed by atoms with Gasteiger partial charge in [0, 0.05) is 19.2 Å². The average Bonchev–Trinajstić information content (AvgIpc) is 2.72. The molecule has 0 unspecified atom stereocenters. The second kappa shape index (κ2) is 6.35. The zero-order valence-electron chi connectivity index (χ0n) is 11.9. The first-order chi connectivity index (χ1) is 10.2. The number of rotatable bonds is 3. The van der Waals surface area contributed by atoms with E-state index in [9.17, 15) is 0 Å². The Kier molecular flexibility index (Phi) is 4.29. The number of pyridine rings is 1. The molecule has 2 aromatic rings. The van der Waals surface area contributed by atoms with Crippen molar-refractivity contribution < 1.29 is 9.47 Å². The smallest absolute Gasteiger partial charge is 0.175 e. The lowest BCUT2D eigenvalue weighted by molar-refractivity contribution is 0.296. The highest BCUT2D eigenvalue weighted by Crippen LogP contribution is 2.38. The molecule has 1 aliphatic heterocycles. The molecule has 4 nitrogen and oxygen atoms in total. The van der Waals surface area contributed by atoms with Gasteiger partial charge in [0.15, 0.2) is 11.5 Å². The first-order valence-corrected chi connectivity index (χ1v) is 7.77. The average molecular weight is 349 g/mol. The fourth-order valence-electron chi connectivity index (χ4n) is 2.25. The Bertz CT molecular complexity index is 646. The second-order valence-corrected chi connectivity index (χ2v) is 5.80. The molecular weight excluding hydrogens is 332 g/mol. The van der Waals surface area contributed by atoms with Crippen molar-refractivity contribution in [2.24, 2.45) is 0 Å². The molecular formula is C16H17BrN2O2. The van der Waals surface area contributed by atoms with Crippen molar-refractivity contribution in [3.05, 3.63) is 46.2 Å². The molecule has 2 heterocycles. The minimum absolute atomic E-state index is 0.692. The highest BCUT2D eigenvalue weighted by molar-refractivity contribution is 9.10. The van der Waals surface area contributed by atoms with Gasteiger partial charge in [-0.1, -0.05) is 0 Å². The topological polar surface area (TPSA) is 43.4 Å². The second-order valence-electron chi connectivity index (χ2n) is 4.95. The van der Waals surface area contributed by atoms with Gasteiger partial charge in [-0.15, -0.1) is 0 Å². The molecule has 0 spiro atoms. The van der Waals surface area contributed by atoms with Gasteiger partial charge in [0.1, 0.15) is 0 Å². The number of hydrogen-bond donors (Lipinski definition) is 1. The Morgan fingerprint density at radius 2 is 2.14 bits per heavy atom. The van der Waals surface area contributed by atoms with Gasteiger partial charge in [0.25, 0.3) is 0 Å². The summed E-state index contributed by atoms with van der Waals surface area (Å²) in [6.45, 7) is 4.09. The number of fused-ring (bicyclic) bond motifs is 1. The number of halogens is 1. The fourth-order valence-corrected chi connectivity index (χ4v) is 2.86. The van der Waals surface area contributed by atoms with Crippen LogP contribution in [0.15, 0.2) is 34.9 Å². The summed E-state index contributed by atoms with van der Waals surface area (Å²) in [6.07, 6.45) is 2.70. The van der Waals surface area contributed by atoms with Crippen LogP contribution in [0, 0.1) is 6.92 Å². The van der Waals surface area contributed by atoms with Crippen LogP contribution in [0.2, 0.25) is 0 Å². The van der Waals surface area contributed by atoms with Crippen LogP contribution in [0.4, 0.5) is 5.69 Å². The minimum atomic E-state index is 0.692. The summed E-state index contributed by atoms with van der Waals surface area (Å²) in [5, 5.41) is 3.40. The van der Waals surface area contributed by atoms with Crippen LogP contribution in [-0.4, -0.2) is 18.2 Å². The molecule has 110 valence electrons. The lowest BCUT2D eigenvalue weighted by Crippen LogP contribution is -2.03. The van der Waals surface area contributed by atoms with E-state index in [4.69, 9.17) is 9.47 Å². The minimum Gasteiger partial charge on any atom is -0.490 e. The predicted molar refractivity (Wildman–Crippen MR) is 86.0 cm³/mol. The molecule has 21 heavy (non-hydrogen) atoms. The lowest BCUT2D eigenvalue weighted by atomic mass is 10.2. The van der Waals surface area contributed by atoms with Crippen LogP contribution >= 0.6 is 15.9 Å². The molecule has 5 heteroatoms. The number of ether oxygens (including phenoxy) is 2. The third kappa shape index (κ3) is 3.29. The molecule has 1 aromatic heterocycles. The summed E-state index contributed by atoms with van der Waals surface area (Å²) in [5.74, 6) is 1.61. The van der Waals surface area contributed by atoms with Gasteiger partial charge in [-0.05, 0) is 52.7 Å². The van der Waals surface area contributed by atoms with E-state index in [1.165, 1.54) is 0 Å². The van der Waals surface area contributed by atoms with Crippen LogP contribution in [0.25, 0.3) is 0 Å². The Hall–Kier alpha value is -1.75. The first kappa shape index (κ1) is 14.2. The molecule has 0 bridgehead atoms. The number of nitrogens with one attached hydrogen (secondary N) is 1. The number of nitrogens with zero attached hydrogens (tertiary/aromatic N) is 1. The quantitative estimate of drug-likeness (QED) is 0.912. The van der Waals surface area contributed by atoms with Crippen LogP contribution in [-0.2, 0) is 6.54 Å². The Balaban J connectivity index is 1.79. The Labute approximate surface area is 132 Å². The van der Waals surface area contributed by atoms with Gasteiger partial charge in [-0.3, -0.25) is 4.98 Å². The molecule has 0 saturated heterocycles. The maximum absolute atomic E-state index is 5.75. The number of hydrogen-bond acceptors (Lipinski definition) is 4. The van der Waals surface area contributed by atoms with Crippen LogP contribution in [0.5, 0.6) is 11.5 Å². The van der Waals surface area contributed by atoms with E-state index >= 15 is 0 Å². The van der Waals surface area contributed by atoms with Gasteiger partial charge in [0.2, 0.25) is 0 Å². The fraction of sp³-hybridized carbons (Fsp3) is 0.312. The van der Waals surface area contributed by atoms with Crippen LogP contribution < -0.4 is 14.8 Å². The van der Waals surface area contributed by atoms with Gasteiger partial charge >= 0.3 is 0 Å². The van der Waals surface area contributed by atoms with Crippen molar-refractivity contribution in [1.82, 2.24) is 4.98 Å². The maximum atomic E-state index is 5.75. The van der Waals surface area contributed by atoms with Crippen molar-refractivity contribution >= 4 is 21.6 Å². The maximum Gasteiger partial charge on any atom is 0.175 e. The third-order valence-corrected chi connectivity index (χ3v) is 3.94. The lowest BCUT2D eigenvalue weighted by Gasteiger charge is -2.13. The van der Waals surface area contributed by atoms with E-state index in [1.54, 1.807) is 6.20 Å². The zero-order chi connectivity index (χ0) is 14.7. The number of anilines is 1. The van der Waals surface area contributed by atoms with Crippen molar-refractivity contribution in [2.75, 3.05) is 18.5 Å². The summed E-state index contributed by atoms with van der Waals surface area (Å²) in [6, 6.07) is 8.05.